The summed E-state index contributed by atoms with van der Waals surface area (Å²) in [5, 5.41) is 2.20. The highest BCUT2D eigenvalue weighted by Crippen LogP contribution is 2.44. The zero-order chi connectivity index (χ0) is 14.9. The van der Waals surface area contributed by atoms with E-state index in [4.69, 9.17) is 5.73 Å². The first kappa shape index (κ1) is 15.5. The monoisotopic (exact) mass is 306 g/mol. The summed E-state index contributed by atoms with van der Waals surface area (Å²) in [6.07, 6.45) is 8.08. The van der Waals surface area contributed by atoms with Crippen LogP contribution in [-0.2, 0) is 6.54 Å². The van der Waals surface area contributed by atoms with E-state index in [2.05, 4.69) is 36.3 Å². The van der Waals surface area contributed by atoms with Crippen molar-refractivity contribution in [3.05, 3.63) is 22.4 Å². The third-order valence-corrected chi connectivity index (χ3v) is 6.65. The van der Waals surface area contributed by atoms with Gasteiger partial charge in [0.1, 0.15) is 0 Å². The third-order valence-electron chi connectivity index (χ3n) is 5.79. The molecule has 2 nitrogen and oxygen atoms in total. The Labute approximate surface area is 133 Å². The minimum atomic E-state index is 0.274. The van der Waals surface area contributed by atoms with Gasteiger partial charge in [-0.3, -0.25) is 4.90 Å². The molecule has 3 rings (SSSR count). The molecule has 21 heavy (non-hydrogen) atoms. The summed E-state index contributed by atoms with van der Waals surface area (Å²) in [7, 11) is 0. The van der Waals surface area contributed by atoms with Crippen LogP contribution in [-0.4, -0.2) is 23.0 Å². The normalized spacial score (nSPS) is 30.2. The SMILES string of the molecule is CC(C)C1CCC(CN)(N(Cc2cccs2)C2CC2)CC1. The lowest BCUT2D eigenvalue weighted by molar-refractivity contribution is 0.0222. The average molecular weight is 307 g/mol. The van der Waals surface area contributed by atoms with E-state index < -0.39 is 0 Å². The second-order valence-electron chi connectivity index (χ2n) is 7.45. The van der Waals surface area contributed by atoms with Crippen LogP contribution in [0.1, 0.15) is 57.2 Å². The van der Waals surface area contributed by atoms with Crippen LogP contribution < -0.4 is 5.73 Å². The fourth-order valence-corrected chi connectivity index (χ4v) is 4.80. The zero-order valence-electron chi connectivity index (χ0n) is 13.6. The van der Waals surface area contributed by atoms with E-state index in [1.807, 2.05) is 11.3 Å². The molecule has 1 aromatic rings. The Balaban J connectivity index is 1.73. The molecule has 0 atom stereocenters. The molecule has 1 aromatic heterocycles. The minimum Gasteiger partial charge on any atom is -0.329 e. The van der Waals surface area contributed by atoms with Gasteiger partial charge in [0.15, 0.2) is 0 Å². The number of hydrogen-bond donors (Lipinski definition) is 1. The highest BCUT2D eigenvalue weighted by atomic mass is 32.1. The second kappa shape index (κ2) is 6.39. The molecule has 0 bridgehead atoms. The van der Waals surface area contributed by atoms with Crippen molar-refractivity contribution >= 4 is 11.3 Å². The number of thiophene rings is 1. The quantitative estimate of drug-likeness (QED) is 0.851. The maximum Gasteiger partial charge on any atom is 0.0338 e. The smallest absolute Gasteiger partial charge is 0.0338 e. The number of rotatable bonds is 6. The van der Waals surface area contributed by atoms with Gasteiger partial charge in [0.05, 0.1) is 0 Å². The van der Waals surface area contributed by atoms with Gasteiger partial charge >= 0.3 is 0 Å². The highest BCUT2D eigenvalue weighted by molar-refractivity contribution is 7.09. The van der Waals surface area contributed by atoms with E-state index in [1.54, 1.807) is 0 Å². The number of hydrogen-bond acceptors (Lipinski definition) is 3. The van der Waals surface area contributed by atoms with Crippen LogP contribution in [0.5, 0.6) is 0 Å². The van der Waals surface area contributed by atoms with Crippen LogP contribution >= 0.6 is 11.3 Å². The lowest BCUT2D eigenvalue weighted by Gasteiger charge is -2.48. The summed E-state index contributed by atoms with van der Waals surface area (Å²) >= 11 is 1.89. The molecule has 2 N–H and O–H groups in total. The molecule has 2 aliphatic rings. The predicted octanol–water partition coefficient (Wildman–Crippen LogP) is 4.26. The Kier molecular flexibility index (Phi) is 4.72. The van der Waals surface area contributed by atoms with E-state index in [0.29, 0.717) is 0 Å². The van der Waals surface area contributed by atoms with Crippen molar-refractivity contribution in [1.82, 2.24) is 4.90 Å². The van der Waals surface area contributed by atoms with Crippen molar-refractivity contribution in [2.24, 2.45) is 17.6 Å². The molecule has 0 spiro atoms. The lowest BCUT2D eigenvalue weighted by atomic mass is 9.72. The van der Waals surface area contributed by atoms with Crippen LogP contribution in [0, 0.1) is 11.8 Å². The third kappa shape index (κ3) is 3.35. The van der Waals surface area contributed by atoms with Gasteiger partial charge in [-0.1, -0.05) is 19.9 Å². The van der Waals surface area contributed by atoms with E-state index in [9.17, 15) is 0 Å². The van der Waals surface area contributed by atoms with E-state index >= 15 is 0 Å². The summed E-state index contributed by atoms with van der Waals surface area (Å²) in [5.41, 5.74) is 6.59. The van der Waals surface area contributed by atoms with Crippen molar-refractivity contribution in [3.63, 3.8) is 0 Å². The van der Waals surface area contributed by atoms with Gasteiger partial charge in [0.2, 0.25) is 0 Å². The first-order chi connectivity index (χ1) is 10.1. The molecule has 0 aromatic carbocycles. The van der Waals surface area contributed by atoms with Crippen molar-refractivity contribution in [1.29, 1.82) is 0 Å². The molecule has 118 valence electrons. The molecule has 1 heterocycles. The van der Waals surface area contributed by atoms with E-state index in [-0.39, 0.29) is 5.54 Å². The molecule has 0 amide bonds. The fourth-order valence-electron chi connectivity index (χ4n) is 4.09. The van der Waals surface area contributed by atoms with Crippen LogP contribution in [0.4, 0.5) is 0 Å². The van der Waals surface area contributed by atoms with Crippen LogP contribution in [0.15, 0.2) is 17.5 Å². The maximum absolute atomic E-state index is 6.32. The fraction of sp³-hybridized carbons (Fsp3) is 0.778. The van der Waals surface area contributed by atoms with Gasteiger partial charge in [-0.25, -0.2) is 0 Å². The molecule has 0 radical (unpaired) electrons. The van der Waals surface area contributed by atoms with Crippen molar-refractivity contribution in [2.45, 2.75) is 70.5 Å². The minimum absolute atomic E-state index is 0.274. The van der Waals surface area contributed by atoms with Gasteiger partial charge < -0.3 is 5.73 Å². The Hall–Kier alpha value is -0.380. The maximum atomic E-state index is 6.32. The predicted molar refractivity (Wildman–Crippen MR) is 91.5 cm³/mol. The van der Waals surface area contributed by atoms with Gasteiger partial charge in [-0.15, -0.1) is 11.3 Å². The van der Waals surface area contributed by atoms with Crippen molar-refractivity contribution in [3.8, 4) is 0 Å². The molecule has 2 saturated carbocycles. The largest absolute Gasteiger partial charge is 0.329 e. The first-order valence-electron chi connectivity index (χ1n) is 8.64. The highest BCUT2D eigenvalue weighted by Gasteiger charge is 2.45. The molecule has 3 heteroatoms. The topological polar surface area (TPSA) is 29.3 Å². The molecule has 0 unspecified atom stereocenters. The Morgan fingerprint density at radius 3 is 2.48 bits per heavy atom. The van der Waals surface area contributed by atoms with Gasteiger partial charge in [-0.2, -0.15) is 0 Å². The zero-order valence-corrected chi connectivity index (χ0v) is 14.4. The molecular formula is C18H30N2S. The summed E-state index contributed by atoms with van der Waals surface area (Å²) in [4.78, 5) is 4.29. The molecule has 0 saturated heterocycles. The number of nitrogens with two attached hydrogens (primary N) is 1. The Morgan fingerprint density at radius 2 is 2.00 bits per heavy atom. The van der Waals surface area contributed by atoms with Crippen molar-refractivity contribution < 1.29 is 0 Å². The summed E-state index contributed by atoms with van der Waals surface area (Å²) < 4.78 is 0. The first-order valence-corrected chi connectivity index (χ1v) is 9.52. The van der Waals surface area contributed by atoms with Gasteiger partial charge in [0.25, 0.3) is 0 Å². The van der Waals surface area contributed by atoms with E-state index in [0.717, 1.165) is 31.0 Å². The van der Waals surface area contributed by atoms with Crippen LogP contribution in [0.2, 0.25) is 0 Å². The number of nitrogens with zero attached hydrogens (tertiary/aromatic N) is 1. The van der Waals surface area contributed by atoms with Crippen molar-refractivity contribution in [2.75, 3.05) is 6.54 Å². The molecule has 2 fully saturated rings. The van der Waals surface area contributed by atoms with Gasteiger partial charge in [-0.05, 0) is 61.8 Å². The van der Waals surface area contributed by atoms with Crippen LogP contribution in [0.3, 0.4) is 0 Å². The molecule has 2 aliphatic carbocycles. The standard InChI is InChI=1S/C18H30N2S/c1-14(2)15-7-9-18(13-19,10-8-15)20(16-5-6-16)12-17-4-3-11-21-17/h3-4,11,14-16H,5-10,12-13,19H2,1-2H3. The second-order valence-corrected chi connectivity index (χ2v) is 8.48. The Morgan fingerprint density at radius 1 is 1.29 bits per heavy atom. The Bertz CT molecular complexity index is 428. The average Bonchev–Trinajstić information content (AvgIpc) is 3.21. The van der Waals surface area contributed by atoms with Crippen LogP contribution in [0.25, 0.3) is 0 Å². The summed E-state index contributed by atoms with van der Waals surface area (Å²) in [6.45, 7) is 6.71. The lowest BCUT2D eigenvalue weighted by Crippen LogP contribution is -2.56. The summed E-state index contributed by atoms with van der Waals surface area (Å²) in [6, 6.07) is 5.26. The molecular weight excluding hydrogens is 276 g/mol. The molecule has 0 aliphatic heterocycles. The van der Waals surface area contributed by atoms with E-state index in [1.165, 1.54) is 43.4 Å². The van der Waals surface area contributed by atoms with Gasteiger partial charge in [0, 0.05) is 29.5 Å². The summed E-state index contributed by atoms with van der Waals surface area (Å²) in [5.74, 6) is 1.74.